The monoisotopic (exact) mass is 290 g/mol. The molecule has 0 unspecified atom stereocenters. The molecule has 2 rings (SSSR count). The molecule has 2 N–H and O–H groups in total. The lowest BCUT2D eigenvalue weighted by molar-refractivity contribution is 0.345. The predicted molar refractivity (Wildman–Crippen MR) is 90.0 cm³/mol. The molecular weight excluding hydrogens is 260 g/mol. The molecular formula is C17H30N4. The number of nitrogens with one attached hydrogen (secondary N) is 2. The van der Waals surface area contributed by atoms with Crippen molar-refractivity contribution >= 4 is 11.6 Å². The Balaban J connectivity index is 1.95. The Hall–Kier alpha value is -1.32. The summed E-state index contributed by atoms with van der Waals surface area (Å²) in [5.74, 6) is 3.81. The van der Waals surface area contributed by atoms with Gasteiger partial charge in [0.1, 0.15) is 17.5 Å². The molecule has 1 fully saturated rings. The van der Waals surface area contributed by atoms with E-state index in [0.717, 1.165) is 48.5 Å². The summed E-state index contributed by atoms with van der Waals surface area (Å²) < 4.78 is 0. The Labute approximate surface area is 129 Å². The molecule has 0 aromatic carbocycles. The summed E-state index contributed by atoms with van der Waals surface area (Å²) in [4.78, 5) is 9.23. The van der Waals surface area contributed by atoms with Gasteiger partial charge in [0, 0.05) is 25.1 Å². The summed E-state index contributed by atoms with van der Waals surface area (Å²) >= 11 is 0. The van der Waals surface area contributed by atoms with Gasteiger partial charge < -0.3 is 10.6 Å². The standard InChI is InChI=1S/C17H30N4/c1-4-15-20-16(18-5-2)13(3)17(21-15)19-12-11-14-9-7-6-8-10-14/h14H,4-12H2,1-3H3,(H2,18,19,20,21). The van der Waals surface area contributed by atoms with Crippen LogP contribution in [0.2, 0.25) is 0 Å². The van der Waals surface area contributed by atoms with Crippen molar-refractivity contribution in [3.63, 3.8) is 0 Å². The fourth-order valence-electron chi connectivity index (χ4n) is 3.10. The zero-order valence-corrected chi connectivity index (χ0v) is 13.8. The second-order valence-corrected chi connectivity index (χ2v) is 6.07. The van der Waals surface area contributed by atoms with Gasteiger partial charge in [-0.05, 0) is 26.2 Å². The highest BCUT2D eigenvalue weighted by molar-refractivity contribution is 5.57. The molecule has 0 spiro atoms. The third-order valence-corrected chi connectivity index (χ3v) is 4.42. The van der Waals surface area contributed by atoms with Gasteiger partial charge in [0.15, 0.2) is 0 Å². The van der Waals surface area contributed by atoms with Crippen molar-refractivity contribution in [1.29, 1.82) is 0 Å². The first-order chi connectivity index (χ1) is 10.2. The Morgan fingerprint density at radius 2 is 1.67 bits per heavy atom. The van der Waals surface area contributed by atoms with E-state index < -0.39 is 0 Å². The highest BCUT2D eigenvalue weighted by atomic mass is 15.1. The van der Waals surface area contributed by atoms with E-state index in [-0.39, 0.29) is 0 Å². The van der Waals surface area contributed by atoms with Crippen LogP contribution in [-0.2, 0) is 6.42 Å². The van der Waals surface area contributed by atoms with Crippen LogP contribution in [0.15, 0.2) is 0 Å². The molecule has 118 valence electrons. The van der Waals surface area contributed by atoms with Crippen molar-refractivity contribution in [2.45, 2.75) is 65.7 Å². The van der Waals surface area contributed by atoms with E-state index in [4.69, 9.17) is 0 Å². The normalized spacial score (nSPS) is 16.0. The fraction of sp³-hybridized carbons (Fsp3) is 0.765. The summed E-state index contributed by atoms with van der Waals surface area (Å²) in [6, 6.07) is 0. The molecule has 1 heterocycles. The van der Waals surface area contributed by atoms with Crippen molar-refractivity contribution in [3.8, 4) is 0 Å². The smallest absolute Gasteiger partial charge is 0.134 e. The Kier molecular flexibility index (Phi) is 6.27. The quantitative estimate of drug-likeness (QED) is 0.791. The van der Waals surface area contributed by atoms with Crippen LogP contribution in [0.4, 0.5) is 11.6 Å². The third kappa shape index (κ3) is 4.58. The maximum atomic E-state index is 4.65. The molecule has 1 aliphatic rings. The van der Waals surface area contributed by atoms with Gasteiger partial charge in [0.2, 0.25) is 0 Å². The average Bonchev–Trinajstić information content (AvgIpc) is 2.52. The van der Waals surface area contributed by atoms with E-state index in [2.05, 4.69) is 41.4 Å². The minimum absolute atomic E-state index is 0.871. The minimum atomic E-state index is 0.871. The third-order valence-electron chi connectivity index (χ3n) is 4.42. The highest BCUT2D eigenvalue weighted by Crippen LogP contribution is 2.26. The maximum Gasteiger partial charge on any atom is 0.134 e. The lowest BCUT2D eigenvalue weighted by Crippen LogP contribution is -2.15. The van der Waals surface area contributed by atoms with Crippen LogP contribution in [0.1, 0.15) is 63.8 Å². The first kappa shape index (κ1) is 16.1. The van der Waals surface area contributed by atoms with Crippen LogP contribution in [-0.4, -0.2) is 23.1 Å². The molecule has 0 saturated heterocycles. The van der Waals surface area contributed by atoms with Crippen LogP contribution in [0.25, 0.3) is 0 Å². The number of aryl methyl sites for hydroxylation is 1. The van der Waals surface area contributed by atoms with Crippen LogP contribution in [0, 0.1) is 12.8 Å². The minimum Gasteiger partial charge on any atom is -0.370 e. The SMILES string of the molecule is CCNc1nc(CC)nc(NCCC2CCCCC2)c1C. The molecule has 21 heavy (non-hydrogen) atoms. The first-order valence-corrected chi connectivity index (χ1v) is 8.59. The summed E-state index contributed by atoms with van der Waals surface area (Å²) in [5.41, 5.74) is 1.14. The molecule has 4 heteroatoms. The van der Waals surface area contributed by atoms with E-state index in [1.54, 1.807) is 0 Å². The van der Waals surface area contributed by atoms with E-state index in [0.29, 0.717) is 0 Å². The second-order valence-electron chi connectivity index (χ2n) is 6.07. The second kappa shape index (κ2) is 8.20. The zero-order chi connectivity index (χ0) is 15.1. The lowest BCUT2D eigenvalue weighted by Gasteiger charge is -2.22. The van der Waals surface area contributed by atoms with Gasteiger partial charge in [-0.15, -0.1) is 0 Å². The molecule has 0 amide bonds. The van der Waals surface area contributed by atoms with E-state index in [9.17, 15) is 0 Å². The van der Waals surface area contributed by atoms with Crippen LogP contribution in [0.3, 0.4) is 0 Å². The van der Waals surface area contributed by atoms with Crippen molar-refractivity contribution in [2.24, 2.45) is 5.92 Å². The van der Waals surface area contributed by atoms with Gasteiger partial charge in [0.25, 0.3) is 0 Å². The summed E-state index contributed by atoms with van der Waals surface area (Å²) in [6.45, 7) is 8.22. The van der Waals surface area contributed by atoms with Crippen molar-refractivity contribution in [3.05, 3.63) is 11.4 Å². The van der Waals surface area contributed by atoms with E-state index >= 15 is 0 Å². The van der Waals surface area contributed by atoms with E-state index in [1.807, 2.05) is 0 Å². The van der Waals surface area contributed by atoms with Crippen LogP contribution < -0.4 is 10.6 Å². The number of aromatic nitrogens is 2. The van der Waals surface area contributed by atoms with Crippen molar-refractivity contribution in [2.75, 3.05) is 23.7 Å². The Bertz CT molecular complexity index is 439. The average molecular weight is 290 g/mol. The van der Waals surface area contributed by atoms with Gasteiger partial charge in [-0.2, -0.15) is 0 Å². The van der Waals surface area contributed by atoms with Gasteiger partial charge >= 0.3 is 0 Å². The summed E-state index contributed by atoms with van der Waals surface area (Å²) in [6.07, 6.45) is 9.22. The largest absolute Gasteiger partial charge is 0.370 e. The molecule has 0 aliphatic heterocycles. The number of hydrogen-bond donors (Lipinski definition) is 2. The summed E-state index contributed by atoms with van der Waals surface area (Å²) in [5, 5.41) is 6.88. The topological polar surface area (TPSA) is 49.8 Å². The fourth-order valence-corrected chi connectivity index (χ4v) is 3.10. The molecule has 1 aromatic heterocycles. The van der Waals surface area contributed by atoms with Crippen LogP contribution >= 0.6 is 0 Å². The first-order valence-electron chi connectivity index (χ1n) is 8.59. The molecule has 4 nitrogen and oxygen atoms in total. The molecule has 1 aromatic rings. The number of hydrogen-bond acceptors (Lipinski definition) is 4. The number of rotatable bonds is 7. The maximum absolute atomic E-state index is 4.65. The van der Waals surface area contributed by atoms with Gasteiger partial charge in [-0.25, -0.2) is 9.97 Å². The number of anilines is 2. The van der Waals surface area contributed by atoms with Gasteiger partial charge in [0.05, 0.1) is 0 Å². The Morgan fingerprint density at radius 3 is 2.29 bits per heavy atom. The van der Waals surface area contributed by atoms with Crippen molar-refractivity contribution < 1.29 is 0 Å². The summed E-state index contributed by atoms with van der Waals surface area (Å²) in [7, 11) is 0. The van der Waals surface area contributed by atoms with E-state index in [1.165, 1.54) is 38.5 Å². The van der Waals surface area contributed by atoms with Crippen LogP contribution in [0.5, 0.6) is 0 Å². The molecule has 1 aliphatic carbocycles. The zero-order valence-electron chi connectivity index (χ0n) is 13.8. The number of nitrogens with zero attached hydrogens (tertiary/aromatic N) is 2. The lowest BCUT2D eigenvalue weighted by atomic mass is 9.87. The molecule has 0 atom stereocenters. The van der Waals surface area contributed by atoms with Gasteiger partial charge in [-0.1, -0.05) is 39.0 Å². The molecule has 0 bridgehead atoms. The Morgan fingerprint density at radius 1 is 1.00 bits per heavy atom. The molecule has 1 saturated carbocycles. The highest BCUT2D eigenvalue weighted by Gasteiger charge is 2.14. The van der Waals surface area contributed by atoms with Gasteiger partial charge in [-0.3, -0.25) is 0 Å². The van der Waals surface area contributed by atoms with Crippen molar-refractivity contribution in [1.82, 2.24) is 9.97 Å². The predicted octanol–water partition coefficient (Wildman–Crippen LogP) is 4.16. The molecule has 0 radical (unpaired) electrons.